The number of aliphatic hydroxyl groups is 1. The van der Waals surface area contributed by atoms with Crippen LogP contribution in [0.5, 0.6) is 0 Å². The zero-order chi connectivity index (χ0) is 29.1. The molecule has 0 heterocycles. The Hall–Kier alpha value is -1.56. The van der Waals surface area contributed by atoms with Gasteiger partial charge in [0, 0.05) is 0 Å². The number of alkyl carbamates (subject to hydrolysis) is 1. The van der Waals surface area contributed by atoms with Crippen LogP contribution in [-0.4, -0.2) is 42.5 Å². The lowest BCUT2D eigenvalue weighted by atomic mass is 9.37. The van der Waals surface area contributed by atoms with Gasteiger partial charge >= 0.3 is 12.1 Å². The van der Waals surface area contributed by atoms with E-state index in [1.54, 1.807) is 6.92 Å². The summed E-state index contributed by atoms with van der Waals surface area (Å²) in [5, 5.41) is 13.2. The average molecular weight is 534 g/mol. The molecule has 0 aromatic carbocycles. The maximum Gasteiger partial charge on any atom is 0.407 e. The molecule has 6 heteroatoms. The fourth-order valence-electron chi connectivity index (χ4n) is 9.53. The first kappa shape index (κ1) is 31.0. The molecule has 3 aliphatic carbocycles. The molecule has 218 valence electrons. The molecule has 1 amide bonds. The number of amides is 1. The van der Waals surface area contributed by atoms with E-state index in [0.29, 0.717) is 41.4 Å². The second-order valence-electron chi connectivity index (χ2n) is 14.4. The van der Waals surface area contributed by atoms with E-state index in [-0.39, 0.29) is 16.2 Å². The molecule has 38 heavy (non-hydrogen) atoms. The molecule has 2 saturated carbocycles. The summed E-state index contributed by atoms with van der Waals surface area (Å²) in [5.41, 5.74) is 2.56. The molecule has 2 bridgehead atoms. The quantitative estimate of drug-likeness (QED) is 0.314. The van der Waals surface area contributed by atoms with E-state index in [0.717, 1.165) is 12.0 Å². The standard InChI is InChI=1S/C32H55NO5/c1-16-14-17(2)32(12)21(6)19(4)25-20(5)24(38-28(35)27(34)23(8)33-29(36)37-13)15-31(11,30(25,9)10)22(7)26(32)18(16)3/h16-19,21-24,26-27,34H,14-15H2,1-13H3,(H,33,36). The maximum atomic E-state index is 13.2. The van der Waals surface area contributed by atoms with Crippen molar-refractivity contribution in [1.82, 2.24) is 5.32 Å². The summed E-state index contributed by atoms with van der Waals surface area (Å²) in [6.45, 7) is 28.2. The Morgan fingerprint density at radius 1 is 1.03 bits per heavy atom. The smallest absolute Gasteiger partial charge is 0.407 e. The number of hydrogen-bond acceptors (Lipinski definition) is 5. The zero-order valence-corrected chi connectivity index (χ0v) is 26.3. The van der Waals surface area contributed by atoms with Crippen molar-refractivity contribution in [3.05, 3.63) is 11.1 Å². The maximum absolute atomic E-state index is 13.2. The predicted molar refractivity (Wildman–Crippen MR) is 151 cm³/mol. The third kappa shape index (κ3) is 4.51. The number of ether oxygens (including phenoxy) is 2. The number of aliphatic hydroxyl groups excluding tert-OH is 1. The van der Waals surface area contributed by atoms with Gasteiger partial charge in [-0.05, 0) is 89.9 Å². The van der Waals surface area contributed by atoms with Gasteiger partial charge in [-0.2, -0.15) is 0 Å². The van der Waals surface area contributed by atoms with Crippen molar-refractivity contribution >= 4 is 12.1 Å². The molecule has 12 unspecified atom stereocenters. The van der Waals surface area contributed by atoms with Crippen LogP contribution < -0.4 is 5.32 Å². The van der Waals surface area contributed by atoms with Gasteiger partial charge in [0.05, 0.1) is 13.2 Å². The second kappa shape index (κ2) is 10.4. The highest BCUT2D eigenvalue weighted by molar-refractivity contribution is 5.77. The van der Waals surface area contributed by atoms with E-state index in [4.69, 9.17) is 4.74 Å². The topological polar surface area (TPSA) is 84.9 Å². The molecule has 0 aromatic rings. The van der Waals surface area contributed by atoms with Crippen molar-refractivity contribution in [3.63, 3.8) is 0 Å². The van der Waals surface area contributed by atoms with Crippen molar-refractivity contribution in [3.8, 4) is 0 Å². The van der Waals surface area contributed by atoms with Crippen LogP contribution >= 0.6 is 0 Å². The van der Waals surface area contributed by atoms with E-state index in [2.05, 4.69) is 86.2 Å². The third-order valence-electron chi connectivity index (χ3n) is 12.8. The lowest BCUT2D eigenvalue weighted by Gasteiger charge is -2.67. The van der Waals surface area contributed by atoms with Gasteiger partial charge in [-0.15, -0.1) is 0 Å². The van der Waals surface area contributed by atoms with Crippen molar-refractivity contribution < 1.29 is 24.2 Å². The SMILES string of the molecule is COC(=O)NC(C)C(O)C(=O)OC1CC2(C)C(C)C3C(C)C(C)CC(C)C3(C)C(C)C(C)C(=C1C)C2(C)C. The van der Waals surface area contributed by atoms with E-state index < -0.39 is 30.3 Å². The van der Waals surface area contributed by atoms with Gasteiger partial charge < -0.3 is 19.9 Å². The molecule has 3 rings (SSSR count). The summed E-state index contributed by atoms with van der Waals surface area (Å²) in [6, 6.07) is -0.825. The molecular weight excluding hydrogens is 478 g/mol. The highest BCUT2D eigenvalue weighted by atomic mass is 16.6. The number of carbonyl (C=O) groups excluding carboxylic acids is 2. The van der Waals surface area contributed by atoms with Crippen LogP contribution in [0, 0.1) is 57.7 Å². The summed E-state index contributed by atoms with van der Waals surface area (Å²) >= 11 is 0. The van der Waals surface area contributed by atoms with E-state index in [9.17, 15) is 14.7 Å². The van der Waals surface area contributed by atoms with Crippen molar-refractivity contribution in [2.75, 3.05) is 7.11 Å². The number of carbonyl (C=O) groups is 2. The minimum atomic E-state index is -1.48. The third-order valence-corrected chi connectivity index (χ3v) is 12.8. The number of methoxy groups -OCH3 is 1. The second-order valence-corrected chi connectivity index (χ2v) is 14.4. The molecule has 0 aromatic heterocycles. The van der Waals surface area contributed by atoms with Gasteiger partial charge in [0.1, 0.15) is 6.10 Å². The largest absolute Gasteiger partial charge is 0.456 e. The Kier molecular flexibility index (Phi) is 8.51. The molecule has 0 aliphatic heterocycles. The predicted octanol–water partition coefficient (Wildman–Crippen LogP) is 6.61. The van der Waals surface area contributed by atoms with Crippen LogP contribution in [0.25, 0.3) is 0 Å². The molecule has 6 nitrogen and oxygen atoms in total. The summed E-state index contributed by atoms with van der Waals surface area (Å²) in [7, 11) is 1.25. The van der Waals surface area contributed by atoms with Crippen LogP contribution in [0.3, 0.4) is 0 Å². The van der Waals surface area contributed by atoms with Crippen LogP contribution in [0.4, 0.5) is 4.79 Å². The van der Waals surface area contributed by atoms with Gasteiger partial charge in [0.2, 0.25) is 0 Å². The molecule has 0 saturated heterocycles. The normalized spacial score (nSPS) is 44.2. The number of rotatable bonds is 4. The number of nitrogens with one attached hydrogen (secondary N) is 1. The number of fused-ring (bicyclic) bond motifs is 3. The molecule has 2 N–H and O–H groups in total. The van der Waals surface area contributed by atoms with Gasteiger partial charge in [-0.3, -0.25) is 0 Å². The Bertz CT molecular complexity index is 957. The summed E-state index contributed by atoms with van der Waals surface area (Å²) in [5.74, 6) is 2.97. The lowest BCUT2D eigenvalue weighted by molar-refractivity contribution is -0.176. The first-order valence-corrected chi connectivity index (χ1v) is 14.8. The van der Waals surface area contributed by atoms with Crippen LogP contribution in [-0.2, 0) is 14.3 Å². The van der Waals surface area contributed by atoms with Crippen molar-refractivity contribution in [1.29, 1.82) is 0 Å². The highest BCUT2D eigenvalue weighted by Crippen LogP contribution is 2.70. The van der Waals surface area contributed by atoms with E-state index in [1.807, 2.05) is 0 Å². The van der Waals surface area contributed by atoms with Crippen LogP contribution in [0.1, 0.15) is 95.9 Å². The Morgan fingerprint density at radius 2 is 1.61 bits per heavy atom. The van der Waals surface area contributed by atoms with Crippen LogP contribution in [0.15, 0.2) is 11.1 Å². The average Bonchev–Trinajstić information content (AvgIpc) is 2.84. The molecule has 3 aliphatic rings. The van der Waals surface area contributed by atoms with Gasteiger partial charge in [0.15, 0.2) is 6.10 Å². The molecule has 2 fully saturated rings. The Balaban J connectivity index is 2.09. The number of esters is 1. The lowest BCUT2D eigenvalue weighted by Crippen LogP contribution is -2.62. The number of hydrogen-bond donors (Lipinski definition) is 2. The zero-order valence-electron chi connectivity index (χ0n) is 26.3. The first-order chi connectivity index (χ1) is 17.4. The Labute approximate surface area is 231 Å². The molecule has 12 atom stereocenters. The van der Waals surface area contributed by atoms with E-state index >= 15 is 0 Å². The minimum Gasteiger partial charge on any atom is -0.456 e. The van der Waals surface area contributed by atoms with Crippen LogP contribution in [0.2, 0.25) is 0 Å². The molecule has 0 spiro atoms. The fraction of sp³-hybridized carbons (Fsp3) is 0.875. The first-order valence-electron chi connectivity index (χ1n) is 14.8. The fourth-order valence-corrected chi connectivity index (χ4v) is 9.53. The van der Waals surface area contributed by atoms with Crippen molar-refractivity contribution in [2.45, 2.75) is 114 Å². The Morgan fingerprint density at radius 3 is 2.16 bits per heavy atom. The monoisotopic (exact) mass is 533 g/mol. The van der Waals surface area contributed by atoms with Gasteiger partial charge in [-0.25, -0.2) is 9.59 Å². The minimum absolute atomic E-state index is 0.0730. The summed E-state index contributed by atoms with van der Waals surface area (Å²) in [6.07, 6.45) is -0.591. The summed E-state index contributed by atoms with van der Waals surface area (Å²) in [4.78, 5) is 24.8. The number of allylic oxidation sites excluding steroid dienone is 1. The van der Waals surface area contributed by atoms with Gasteiger partial charge in [-0.1, -0.05) is 74.8 Å². The van der Waals surface area contributed by atoms with Crippen molar-refractivity contribution in [2.24, 2.45) is 57.7 Å². The highest BCUT2D eigenvalue weighted by Gasteiger charge is 2.64. The van der Waals surface area contributed by atoms with E-state index in [1.165, 1.54) is 19.1 Å². The van der Waals surface area contributed by atoms with Gasteiger partial charge in [0.25, 0.3) is 0 Å². The summed E-state index contributed by atoms with van der Waals surface area (Å²) < 4.78 is 10.7. The molecule has 0 radical (unpaired) electrons. The molecular formula is C32H55NO5.